The van der Waals surface area contributed by atoms with Crippen LogP contribution in [0.1, 0.15) is 74.1 Å². The van der Waals surface area contributed by atoms with E-state index >= 15 is 0 Å². The van der Waals surface area contributed by atoms with Crippen molar-refractivity contribution in [2.24, 2.45) is 11.3 Å². The van der Waals surface area contributed by atoms with Crippen LogP contribution in [0.3, 0.4) is 0 Å². The number of hydrogen-bond donors (Lipinski definition) is 0. The third-order valence-corrected chi connectivity index (χ3v) is 6.30. The molecule has 2 aliphatic rings. The number of rotatable bonds is 5. The maximum absolute atomic E-state index is 2.77. The molecule has 0 aliphatic carbocycles. The molecule has 2 fully saturated rings. The molecule has 3 heteroatoms. The zero-order chi connectivity index (χ0) is 18.7. The third-order valence-electron chi connectivity index (χ3n) is 6.30. The fourth-order valence-corrected chi connectivity index (χ4v) is 4.57. The number of piperazine rings is 1. The van der Waals surface area contributed by atoms with E-state index in [2.05, 4.69) is 63.2 Å². The van der Waals surface area contributed by atoms with Crippen LogP contribution in [-0.4, -0.2) is 72.1 Å². The van der Waals surface area contributed by atoms with Crippen molar-refractivity contribution in [3.05, 3.63) is 0 Å². The van der Waals surface area contributed by atoms with Crippen LogP contribution in [0.5, 0.6) is 0 Å². The third kappa shape index (κ3) is 6.84. The van der Waals surface area contributed by atoms with Crippen LogP contribution in [0.4, 0.5) is 0 Å². The molecule has 25 heavy (non-hydrogen) atoms. The van der Waals surface area contributed by atoms with Crippen molar-refractivity contribution in [1.82, 2.24) is 14.7 Å². The molecular formula is C22H45N3. The smallest absolute Gasteiger partial charge is 0.0226 e. The standard InChI is InChI=1S/C22H45N3/c1-8-20-18-24(15-16-25(20)22(5,6)7)17-19-9-12-23(13-10-19)14-11-21(2,3)4/h19-20H,8-18H2,1-7H3/t20-/m1/s1. The first kappa shape index (κ1) is 21.2. The Morgan fingerprint density at radius 1 is 0.840 bits per heavy atom. The van der Waals surface area contributed by atoms with Crippen molar-refractivity contribution < 1.29 is 0 Å². The minimum atomic E-state index is 0.311. The summed E-state index contributed by atoms with van der Waals surface area (Å²) in [5.41, 5.74) is 0.782. The molecule has 0 N–H and O–H groups in total. The zero-order valence-electron chi connectivity index (χ0n) is 18.3. The van der Waals surface area contributed by atoms with Crippen molar-refractivity contribution in [1.29, 1.82) is 0 Å². The number of piperidine rings is 1. The van der Waals surface area contributed by atoms with E-state index < -0.39 is 0 Å². The second-order valence-corrected chi connectivity index (χ2v) is 10.8. The van der Waals surface area contributed by atoms with E-state index in [1.54, 1.807) is 0 Å². The highest BCUT2D eigenvalue weighted by Crippen LogP contribution is 2.26. The molecule has 2 rings (SSSR count). The van der Waals surface area contributed by atoms with Gasteiger partial charge in [0.05, 0.1) is 0 Å². The van der Waals surface area contributed by atoms with Gasteiger partial charge in [-0.3, -0.25) is 4.90 Å². The molecule has 0 saturated carbocycles. The highest BCUT2D eigenvalue weighted by Gasteiger charge is 2.33. The quantitative estimate of drug-likeness (QED) is 0.730. The van der Waals surface area contributed by atoms with Gasteiger partial charge in [-0.05, 0) is 77.4 Å². The average molecular weight is 352 g/mol. The highest BCUT2D eigenvalue weighted by molar-refractivity contribution is 4.90. The molecule has 0 spiro atoms. The van der Waals surface area contributed by atoms with Crippen LogP contribution in [0, 0.1) is 11.3 Å². The monoisotopic (exact) mass is 351 g/mol. The van der Waals surface area contributed by atoms with Gasteiger partial charge in [-0.2, -0.15) is 0 Å². The Morgan fingerprint density at radius 2 is 1.48 bits per heavy atom. The fraction of sp³-hybridized carbons (Fsp3) is 1.00. The first-order chi connectivity index (χ1) is 11.6. The summed E-state index contributed by atoms with van der Waals surface area (Å²) >= 11 is 0. The van der Waals surface area contributed by atoms with Gasteiger partial charge in [0, 0.05) is 37.8 Å². The van der Waals surface area contributed by atoms with Gasteiger partial charge in [-0.1, -0.05) is 27.7 Å². The lowest BCUT2D eigenvalue weighted by Crippen LogP contribution is -2.59. The Bertz CT molecular complexity index is 385. The predicted octanol–water partition coefficient (Wildman–Crippen LogP) is 4.33. The van der Waals surface area contributed by atoms with E-state index in [0.717, 1.165) is 12.0 Å². The number of nitrogens with zero attached hydrogens (tertiary/aromatic N) is 3. The molecular weight excluding hydrogens is 306 g/mol. The summed E-state index contributed by atoms with van der Waals surface area (Å²) in [5.74, 6) is 0.921. The second-order valence-electron chi connectivity index (χ2n) is 10.8. The van der Waals surface area contributed by atoms with Gasteiger partial charge in [-0.15, -0.1) is 0 Å². The van der Waals surface area contributed by atoms with Crippen molar-refractivity contribution >= 4 is 0 Å². The lowest BCUT2D eigenvalue weighted by Gasteiger charge is -2.48. The predicted molar refractivity (Wildman–Crippen MR) is 110 cm³/mol. The van der Waals surface area contributed by atoms with E-state index in [0.29, 0.717) is 11.0 Å². The largest absolute Gasteiger partial charge is 0.303 e. The maximum Gasteiger partial charge on any atom is 0.0226 e. The molecule has 2 saturated heterocycles. The summed E-state index contributed by atoms with van der Waals surface area (Å²) in [7, 11) is 0. The van der Waals surface area contributed by atoms with Crippen LogP contribution in [0.25, 0.3) is 0 Å². The molecule has 0 amide bonds. The van der Waals surface area contributed by atoms with Gasteiger partial charge in [-0.25, -0.2) is 0 Å². The second kappa shape index (κ2) is 8.71. The van der Waals surface area contributed by atoms with E-state index in [1.165, 1.54) is 71.5 Å². The van der Waals surface area contributed by atoms with E-state index in [4.69, 9.17) is 0 Å². The van der Waals surface area contributed by atoms with Gasteiger partial charge < -0.3 is 9.80 Å². The summed E-state index contributed by atoms with van der Waals surface area (Å²) in [6, 6.07) is 0.737. The molecule has 2 heterocycles. The molecule has 1 atom stereocenters. The first-order valence-electron chi connectivity index (χ1n) is 10.8. The molecule has 0 bridgehead atoms. The Balaban J connectivity index is 1.73. The minimum Gasteiger partial charge on any atom is -0.303 e. The number of likely N-dealkylation sites (tertiary alicyclic amines) is 1. The molecule has 3 nitrogen and oxygen atoms in total. The Labute approximate surface area is 158 Å². The van der Waals surface area contributed by atoms with E-state index in [9.17, 15) is 0 Å². The molecule has 0 aromatic rings. The summed E-state index contributed by atoms with van der Waals surface area (Å²) in [6.07, 6.45) is 5.41. The van der Waals surface area contributed by atoms with Crippen molar-refractivity contribution in [3.63, 3.8) is 0 Å². The first-order valence-corrected chi connectivity index (χ1v) is 10.8. The zero-order valence-corrected chi connectivity index (χ0v) is 18.3. The summed E-state index contributed by atoms with van der Waals surface area (Å²) in [6.45, 7) is 25.6. The van der Waals surface area contributed by atoms with Gasteiger partial charge in [0.1, 0.15) is 0 Å². The Hall–Kier alpha value is -0.120. The molecule has 2 aliphatic heterocycles. The molecule has 0 aromatic heterocycles. The van der Waals surface area contributed by atoms with Crippen LogP contribution in [-0.2, 0) is 0 Å². The van der Waals surface area contributed by atoms with Crippen LogP contribution < -0.4 is 0 Å². The van der Waals surface area contributed by atoms with E-state index in [1.807, 2.05) is 0 Å². The van der Waals surface area contributed by atoms with Crippen molar-refractivity contribution in [3.8, 4) is 0 Å². The summed E-state index contributed by atoms with van der Waals surface area (Å²) in [4.78, 5) is 8.21. The SMILES string of the molecule is CC[C@@H]1CN(CC2CCN(CCC(C)(C)C)CC2)CCN1C(C)(C)C. The molecule has 0 aromatic carbocycles. The van der Waals surface area contributed by atoms with Crippen LogP contribution >= 0.6 is 0 Å². The van der Waals surface area contributed by atoms with Gasteiger partial charge >= 0.3 is 0 Å². The van der Waals surface area contributed by atoms with Crippen LogP contribution in [0.2, 0.25) is 0 Å². The lowest BCUT2D eigenvalue weighted by molar-refractivity contribution is -0.000327. The normalized spacial score (nSPS) is 26.3. The fourth-order valence-electron chi connectivity index (χ4n) is 4.57. The summed E-state index contributed by atoms with van der Waals surface area (Å²) < 4.78 is 0. The maximum atomic E-state index is 2.77. The van der Waals surface area contributed by atoms with Crippen molar-refractivity contribution in [2.75, 3.05) is 45.8 Å². The highest BCUT2D eigenvalue weighted by atomic mass is 15.3. The Kier molecular flexibility index (Phi) is 7.38. The lowest BCUT2D eigenvalue weighted by atomic mass is 9.90. The molecule has 0 unspecified atom stereocenters. The number of hydrogen-bond acceptors (Lipinski definition) is 3. The molecule has 148 valence electrons. The van der Waals surface area contributed by atoms with Crippen LogP contribution in [0.15, 0.2) is 0 Å². The average Bonchev–Trinajstić information content (AvgIpc) is 2.52. The molecule has 0 radical (unpaired) electrons. The van der Waals surface area contributed by atoms with Gasteiger partial charge in [0.25, 0.3) is 0 Å². The van der Waals surface area contributed by atoms with Gasteiger partial charge in [0.15, 0.2) is 0 Å². The Morgan fingerprint density at radius 3 is 2.00 bits per heavy atom. The van der Waals surface area contributed by atoms with Crippen molar-refractivity contribution in [2.45, 2.75) is 85.7 Å². The van der Waals surface area contributed by atoms with E-state index in [-0.39, 0.29) is 0 Å². The van der Waals surface area contributed by atoms with Gasteiger partial charge in [0.2, 0.25) is 0 Å². The summed E-state index contributed by atoms with van der Waals surface area (Å²) in [5, 5.41) is 0. The minimum absolute atomic E-state index is 0.311. The topological polar surface area (TPSA) is 9.72 Å².